The lowest BCUT2D eigenvalue weighted by Gasteiger charge is -2.42. The average molecular weight is 252 g/mol. The molecule has 1 amide bonds. The Hall–Kier alpha value is -1.21. The molecule has 1 saturated carbocycles. The van der Waals surface area contributed by atoms with Crippen molar-refractivity contribution in [3.8, 4) is 12.3 Å². The molecule has 2 N–H and O–H groups in total. The van der Waals surface area contributed by atoms with Gasteiger partial charge in [0.2, 0.25) is 0 Å². The monoisotopic (exact) mass is 252 g/mol. The van der Waals surface area contributed by atoms with Crippen molar-refractivity contribution in [2.75, 3.05) is 6.54 Å². The fourth-order valence-corrected chi connectivity index (χ4v) is 1.96. The van der Waals surface area contributed by atoms with Gasteiger partial charge in [0.15, 0.2) is 0 Å². The van der Waals surface area contributed by atoms with E-state index in [-0.39, 0.29) is 18.2 Å². The molecule has 1 fully saturated rings. The number of unbranched alkanes of at least 4 members (excludes halogenated alkanes) is 1. The zero-order valence-corrected chi connectivity index (χ0v) is 11.6. The molecule has 1 rings (SSSR count). The summed E-state index contributed by atoms with van der Waals surface area (Å²) < 4.78 is 5.42. The number of ether oxygens (including phenoxy) is 1. The smallest absolute Gasteiger partial charge is 0.410 e. The van der Waals surface area contributed by atoms with Crippen LogP contribution in [0, 0.1) is 12.3 Å². The van der Waals surface area contributed by atoms with Crippen LogP contribution in [-0.4, -0.2) is 35.2 Å². The first-order chi connectivity index (χ1) is 8.35. The molecule has 0 aliphatic heterocycles. The van der Waals surface area contributed by atoms with E-state index in [1.54, 1.807) is 4.90 Å². The molecule has 0 saturated heterocycles. The highest BCUT2D eigenvalue weighted by Crippen LogP contribution is 2.26. The van der Waals surface area contributed by atoms with E-state index < -0.39 is 5.60 Å². The largest absolute Gasteiger partial charge is 0.444 e. The van der Waals surface area contributed by atoms with Gasteiger partial charge in [0.25, 0.3) is 0 Å². The fraction of sp³-hybridized carbons (Fsp3) is 0.786. The van der Waals surface area contributed by atoms with Gasteiger partial charge in [-0.15, -0.1) is 12.3 Å². The van der Waals surface area contributed by atoms with Gasteiger partial charge in [0.1, 0.15) is 5.60 Å². The highest BCUT2D eigenvalue weighted by Gasteiger charge is 2.37. The maximum absolute atomic E-state index is 12.1. The highest BCUT2D eigenvalue weighted by molar-refractivity contribution is 5.68. The van der Waals surface area contributed by atoms with E-state index in [4.69, 9.17) is 16.9 Å². The molecule has 0 heterocycles. The number of nitrogens with zero attached hydrogens (tertiary/aromatic N) is 1. The molecule has 1 aliphatic carbocycles. The Bertz CT molecular complexity index is 328. The van der Waals surface area contributed by atoms with E-state index in [1.165, 1.54) is 0 Å². The summed E-state index contributed by atoms with van der Waals surface area (Å²) in [6.07, 6.45) is 8.34. The van der Waals surface area contributed by atoms with E-state index in [0.29, 0.717) is 13.0 Å². The number of carbonyl (C=O) groups excluding carboxylic acids is 1. The molecule has 0 spiro atoms. The first-order valence-corrected chi connectivity index (χ1v) is 6.54. The topological polar surface area (TPSA) is 55.6 Å². The van der Waals surface area contributed by atoms with Gasteiger partial charge in [0, 0.05) is 19.0 Å². The molecule has 0 aromatic rings. The first kappa shape index (κ1) is 14.8. The lowest BCUT2D eigenvalue weighted by molar-refractivity contribution is 0.00286. The van der Waals surface area contributed by atoms with Gasteiger partial charge in [-0.2, -0.15) is 0 Å². The van der Waals surface area contributed by atoms with Crippen molar-refractivity contribution in [2.24, 2.45) is 5.73 Å². The average Bonchev–Trinajstić information content (AvgIpc) is 2.23. The SMILES string of the molecule is C#CCCCN(C(=O)OC(C)(C)C)[C@@H]1CC[C@@H]1N. The summed E-state index contributed by atoms with van der Waals surface area (Å²) in [7, 11) is 0. The number of hydrogen-bond donors (Lipinski definition) is 1. The molecule has 0 unspecified atom stereocenters. The van der Waals surface area contributed by atoms with E-state index in [2.05, 4.69) is 5.92 Å². The minimum Gasteiger partial charge on any atom is -0.444 e. The Morgan fingerprint density at radius 1 is 1.50 bits per heavy atom. The molecule has 4 heteroatoms. The normalized spacial score (nSPS) is 22.8. The highest BCUT2D eigenvalue weighted by atomic mass is 16.6. The van der Waals surface area contributed by atoms with Gasteiger partial charge in [-0.3, -0.25) is 0 Å². The molecular weight excluding hydrogens is 228 g/mol. The second-order valence-corrected chi connectivity index (χ2v) is 5.79. The van der Waals surface area contributed by atoms with E-state index >= 15 is 0 Å². The van der Waals surface area contributed by atoms with Crippen LogP contribution >= 0.6 is 0 Å². The van der Waals surface area contributed by atoms with Crippen LogP contribution in [-0.2, 0) is 4.74 Å². The third-order valence-electron chi connectivity index (χ3n) is 3.04. The standard InChI is InChI=1S/C14H24N2O2/c1-5-6-7-10-16(12-9-8-11(12)15)13(17)18-14(2,3)4/h1,11-12H,6-10,15H2,2-4H3/t11-,12+/m0/s1. The van der Waals surface area contributed by atoms with Crippen LogP contribution in [0.15, 0.2) is 0 Å². The Balaban J connectivity index is 2.59. The Morgan fingerprint density at radius 3 is 2.56 bits per heavy atom. The Morgan fingerprint density at radius 2 is 2.17 bits per heavy atom. The predicted molar refractivity (Wildman–Crippen MR) is 72.0 cm³/mol. The van der Waals surface area contributed by atoms with Crippen LogP contribution in [0.25, 0.3) is 0 Å². The summed E-state index contributed by atoms with van der Waals surface area (Å²) in [5.41, 5.74) is 5.46. The summed E-state index contributed by atoms with van der Waals surface area (Å²) >= 11 is 0. The number of amides is 1. The molecule has 0 bridgehead atoms. The molecule has 2 atom stereocenters. The molecular formula is C14H24N2O2. The number of nitrogens with two attached hydrogens (primary N) is 1. The number of terminal acetylenes is 1. The molecule has 102 valence electrons. The van der Waals surface area contributed by atoms with Crippen LogP contribution < -0.4 is 5.73 Å². The quantitative estimate of drug-likeness (QED) is 0.616. The van der Waals surface area contributed by atoms with Crippen molar-refractivity contribution in [2.45, 2.75) is 64.1 Å². The van der Waals surface area contributed by atoms with E-state index in [9.17, 15) is 4.79 Å². The van der Waals surface area contributed by atoms with Gasteiger partial charge in [-0.05, 0) is 40.0 Å². The third kappa shape index (κ3) is 4.23. The zero-order valence-electron chi connectivity index (χ0n) is 11.6. The first-order valence-electron chi connectivity index (χ1n) is 6.54. The fourth-order valence-electron chi connectivity index (χ4n) is 1.96. The van der Waals surface area contributed by atoms with E-state index in [0.717, 1.165) is 19.3 Å². The number of carbonyl (C=O) groups is 1. The summed E-state index contributed by atoms with van der Waals surface area (Å²) in [5.74, 6) is 2.59. The Labute approximate surface area is 110 Å². The molecule has 1 aliphatic rings. The minimum absolute atomic E-state index is 0.0726. The van der Waals surface area contributed by atoms with Gasteiger partial charge in [-0.1, -0.05) is 0 Å². The summed E-state index contributed by atoms with van der Waals surface area (Å²) in [6, 6.07) is 0.181. The molecule has 0 aromatic heterocycles. The van der Waals surface area contributed by atoms with Crippen molar-refractivity contribution >= 4 is 6.09 Å². The second-order valence-electron chi connectivity index (χ2n) is 5.79. The summed E-state index contributed by atoms with van der Waals surface area (Å²) in [6.45, 7) is 6.22. The van der Waals surface area contributed by atoms with Crippen LogP contribution in [0.4, 0.5) is 4.79 Å². The van der Waals surface area contributed by atoms with Gasteiger partial charge in [-0.25, -0.2) is 4.79 Å². The summed E-state index contributed by atoms with van der Waals surface area (Å²) in [4.78, 5) is 13.9. The van der Waals surface area contributed by atoms with Crippen molar-refractivity contribution in [1.82, 2.24) is 4.90 Å². The van der Waals surface area contributed by atoms with Gasteiger partial charge in [0.05, 0.1) is 6.04 Å². The lowest BCUT2D eigenvalue weighted by atomic mass is 9.86. The lowest BCUT2D eigenvalue weighted by Crippen LogP contribution is -2.57. The van der Waals surface area contributed by atoms with Crippen LogP contribution in [0.1, 0.15) is 46.5 Å². The van der Waals surface area contributed by atoms with Crippen LogP contribution in [0.5, 0.6) is 0 Å². The molecule has 0 radical (unpaired) electrons. The van der Waals surface area contributed by atoms with Crippen molar-refractivity contribution in [1.29, 1.82) is 0 Å². The molecule has 4 nitrogen and oxygen atoms in total. The minimum atomic E-state index is -0.477. The molecule has 18 heavy (non-hydrogen) atoms. The van der Waals surface area contributed by atoms with E-state index in [1.807, 2.05) is 20.8 Å². The summed E-state index contributed by atoms with van der Waals surface area (Å²) in [5, 5.41) is 0. The number of rotatable bonds is 4. The van der Waals surface area contributed by atoms with Crippen LogP contribution in [0.3, 0.4) is 0 Å². The molecule has 0 aromatic carbocycles. The Kier molecular flexibility index (Phi) is 5.03. The predicted octanol–water partition coefficient (Wildman–Crippen LogP) is 2.13. The zero-order chi connectivity index (χ0) is 13.8. The maximum Gasteiger partial charge on any atom is 0.410 e. The van der Waals surface area contributed by atoms with Crippen molar-refractivity contribution < 1.29 is 9.53 Å². The third-order valence-corrected chi connectivity index (χ3v) is 3.04. The van der Waals surface area contributed by atoms with Crippen LogP contribution in [0.2, 0.25) is 0 Å². The maximum atomic E-state index is 12.1. The van der Waals surface area contributed by atoms with Gasteiger partial charge >= 0.3 is 6.09 Å². The van der Waals surface area contributed by atoms with Gasteiger partial charge < -0.3 is 15.4 Å². The van der Waals surface area contributed by atoms with Crippen molar-refractivity contribution in [3.63, 3.8) is 0 Å². The van der Waals surface area contributed by atoms with Crippen molar-refractivity contribution in [3.05, 3.63) is 0 Å². The number of hydrogen-bond acceptors (Lipinski definition) is 3. The second kappa shape index (κ2) is 6.10.